The molecular formula is C15H31NaO45. The molecule has 30 N–H and O–H groups in total. The van der Waals surface area contributed by atoms with Gasteiger partial charge in [0, 0.05) is 0 Å². The molecule has 0 aliphatic rings. The van der Waals surface area contributed by atoms with Crippen LogP contribution < -0.4 is 29.6 Å². The summed E-state index contributed by atoms with van der Waals surface area (Å²) < 4.78 is 0. The standard InChI is InChI=1S/15CH2O3.Na.H/c15*2-1(3)4;;/h15*(H2,2,3,4);;/q;;;;;;;;;;;;;;;+1;-1. The molecule has 0 aliphatic heterocycles. The third-order valence-corrected chi connectivity index (χ3v) is 0. The first-order valence-corrected chi connectivity index (χ1v) is 9.77. The fourth-order valence-electron chi connectivity index (χ4n) is 0. The first kappa shape index (κ1) is 104. The predicted octanol–water partition coefficient (Wildman–Crippen LogP) is 0.453. The summed E-state index contributed by atoms with van der Waals surface area (Å²) in [5, 5.41) is 209. The fraction of sp³-hybridized carbons (Fsp3) is 0. The molecule has 45 nitrogen and oxygen atoms in total. The van der Waals surface area contributed by atoms with Gasteiger partial charge >= 0.3 is 122 Å². The van der Waals surface area contributed by atoms with Crippen molar-refractivity contribution >= 4 is 92.3 Å². The summed E-state index contributed by atoms with van der Waals surface area (Å²) in [7, 11) is 0. The van der Waals surface area contributed by atoms with Crippen LogP contribution in [0.2, 0.25) is 0 Å². The maximum atomic E-state index is 8.56. The summed E-state index contributed by atoms with van der Waals surface area (Å²) in [4.78, 5) is 128. The van der Waals surface area contributed by atoms with Crippen molar-refractivity contribution in [3.63, 3.8) is 0 Å². The van der Waals surface area contributed by atoms with E-state index in [9.17, 15) is 0 Å². The molecule has 0 saturated heterocycles. The Balaban J connectivity index is -0.0000000233. The number of hydrogen-bond donors (Lipinski definition) is 30. The average Bonchev–Trinajstić information content (AvgIpc) is 2.78. The summed E-state index contributed by atoms with van der Waals surface area (Å²) in [6.45, 7) is 0. The van der Waals surface area contributed by atoms with Gasteiger partial charge in [0.15, 0.2) is 0 Å². The summed E-state index contributed by atoms with van der Waals surface area (Å²) in [6.07, 6.45) is -27.5. The Morgan fingerprint density at radius 1 is 0.131 bits per heavy atom. The van der Waals surface area contributed by atoms with Gasteiger partial charge in [-0.2, -0.15) is 0 Å². The zero-order chi connectivity index (χ0) is 53.7. The van der Waals surface area contributed by atoms with Gasteiger partial charge in [-0.15, -0.1) is 0 Å². The normalized spacial score (nSPS) is 5.90. The maximum absolute atomic E-state index is 8.56. The molecule has 0 rings (SSSR count). The third-order valence-electron chi connectivity index (χ3n) is 0. The van der Waals surface area contributed by atoms with E-state index in [1.807, 2.05) is 0 Å². The molecule has 46 heteroatoms. The van der Waals surface area contributed by atoms with Crippen LogP contribution in [-0.2, 0) is 0 Å². The Morgan fingerprint density at radius 3 is 0.131 bits per heavy atom. The number of rotatable bonds is 0. The summed E-state index contributed by atoms with van der Waals surface area (Å²) >= 11 is 0. The molecule has 0 aromatic rings. The molecule has 0 atom stereocenters. The van der Waals surface area contributed by atoms with Gasteiger partial charge in [-0.25, -0.2) is 71.9 Å². The van der Waals surface area contributed by atoms with Gasteiger partial charge in [-0.3, -0.25) is 0 Å². The van der Waals surface area contributed by atoms with E-state index in [0.717, 1.165) is 0 Å². The molecule has 0 spiro atoms. The van der Waals surface area contributed by atoms with Crippen LogP contribution in [0.15, 0.2) is 0 Å². The van der Waals surface area contributed by atoms with Crippen molar-refractivity contribution in [2.45, 2.75) is 0 Å². The first-order valence-electron chi connectivity index (χ1n) is 9.77. The predicted molar refractivity (Wildman–Crippen MR) is 161 cm³/mol. The van der Waals surface area contributed by atoms with Crippen LogP contribution in [-0.4, -0.2) is 246 Å². The van der Waals surface area contributed by atoms with Crippen molar-refractivity contribution in [1.82, 2.24) is 0 Å². The molecule has 0 aliphatic carbocycles. The van der Waals surface area contributed by atoms with Crippen LogP contribution in [0.1, 0.15) is 1.43 Å². The molecular weight excluding hydrogens is 923 g/mol. The van der Waals surface area contributed by atoms with Gasteiger partial charge in [-0.05, 0) is 0 Å². The molecule has 0 aromatic heterocycles. The van der Waals surface area contributed by atoms with Gasteiger partial charge in [0.2, 0.25) is 0 Å². The van der Waals surface area contributed by atoms with Crippen molar-refractivity contribution in [2.75, 3.05) is 0 Å². The minimum absolute atomic E-state index is 0. The molecule has 0 aromatic carbocycles. The Bertz CT molecular complexity index is 760. The topological polar surface area (TPSA) is 863 Å². The second-order valence-corrected chi connectivity index (χ2v) is 4.24. The molecule has 61 heavy (non-hydrogen) atoms. The van der Waals surface area contributed by atoms with Crippen molar-refractivity contribution in [3.05, 3.63) is 0 Å². The third kappa shape index (κ3) is 1170. The average molecular weight is 954 g/mol. The Hall–Kier alpha value is -9.95. The van der Waals surface area contributed by atoms with E-state index in [-0.39, 0.29) is 31.0 Å². The van der Waals surface area contributed by atoms with Crippen LogP contribution in [0.25, 0.3) is 0 Å². The van der Waals surface area contributed by atoms with Gasteiger partial charge in [0.05, 0.1) is 0 Å². The smallest absolute Gasteiger partial charge is 1.00 e. The van der Waals surface area contributed by atoms with Crippen molar-refractivity contribution in [1.29, 1.82) is 0 Å². The number of carboxylic acid groups (broad SMARTS) is 30. The number of hydrogen-bond acceptors (Lipinski definition) is 15. The monoisotopic (exact) mass is 954 g/mol. The minimum Gasteiger partial charge on any atom is -1.00 e. The van der Waals surface area contributed by atoms with Crippen LogP contribution in [0, 0.1) is 0 Å². The molecule has 0 heterocycles. The molecule has 0 bridgehead atoms. The van der Waals surface area contributed by atoms with Crippen LogP contribution >= 0.6 is 0 Å². The molecule has 0 saturated carbocycles. The van der Waals surface area contributed by atoms with Gasteiger partial charge in [0.1, 0.15) is 0 Å². The molecule has 0 unspecified atom stereocenters. The van der Waals surface area contributed by atoms with Crippen LogP contribution in [0.4, 0.5) is 71.9 Å². The second kappa shape index (κ2) is 98.0. The largest absolute Gasteiger partial charge is 1.00 e. The van der Waals surface area contributed by atoms with E-state index >= 15 is 0 Å². The maximum Gasteiger partial charge on any atom is 1.00 e. The van der Waals surface area contributed by atoms with Crippen molar-refractivity contribution in [2.24, 2.45) is 0 Å². The van der Waals surface area contributed by atoms with E-state index in [1.165, 1.54) is 0 Å². The quantitative estimate of drug-likeness (QED) is 0.147. The Labute approximate surface area is 348 Å². The summed E-state index contributed by atoms with van der Waals surface area (Å²) in [6, 6.07) is 0. The summed E-state index contributed by atoms with van der Waals surface area (Å²) in [5.41, 5.74) is 0. The Kier molecular flexibility index (Phi) is 167. The Morgan fingerprint density at radius 2 is 0.131 bits per heavy atom. The summed E-state index contributed by atoms with van der Waals surface area (Å²) in [5.74, 6) is 0. The number of carbonyl (C=O) groups is 15. The SMILES string of the molecule is O=C(O)O.O=C(O)O.O=C(O)O.O=C(O)O.O=C(O)O.O=C(O)O.O=C(O)O.O=C(O)O.O=C(O)O.O=C(O)O.O=C(O)O.O=C(O)O.O=C(O)O.O=C(O)O.O=C(O)O.[H-].[Na+]. The molecule has 362 valence electrons. The van der Waals surface area contributed by atoms with Crippen LogP contribution in [0.5, 0.6) is 0 Å². The van der Waals surface area contributed by atoms with Crippen molar-refractivity contribution < 1.29 is 256 Å². The first-order chi connectivity index (χ1) is 26.0. The van der Waals surface area contributed by atoms with Crippen molar-refractivity contribution in [3.8, 4) is 0 Å². The molecule has 0 amide bonds. The fourth-order valence-corrected chi connectivity index (χ4v) is 0. The van der Waals surface area contributed by atoms with E-state index in [2.05, 4.69) is 0 Å². The van der Waals surface area contributed by atoms with Gasteiger partial charge < -0.3 is 155 Å². The van der Waals surface area contributed by atoms with E-state index in [1.54, 1.807) is 0 Å². The van der Waals surface area contributed by atoms with Gasteiger partial charge in [0.25, 0.3) is 0 Å². The zero-order valence-electron chi connectivity index (χ0n) is 29.0. The van der Waals surface area contributed by atoms with Crippen LogP contribution in [0.3, 0.4) is 0 Å². The second-order valence-electron chi connectivity index (χ2n) is 4.24. The van der Waals surface area contributed by atoms with E-state index in [4.69, 9.17) is 225 Å². The van der Waals surface area contributed by atoms with E-state index < -0.39 is 92.3 Å². The minimum atomic E-state index is -1.83. The molecule has 0 fully saturated rings. The van der Waals surface area contributed by atoms with E-state index in [0.29, 0.717) is 0 Å². The zero-order valence-corrected chi connectivity index (χ0v) is 30.0. The van der Waals surface area contributed by atoms with Gasteiger partial charge in [-0.1, -0.05) is 0 Å². The molecule has 0 radical (unpaired) electrons.